The average molecular weight is 528 g/mol. The lowest BCUT2D eigenvalue weighted by molar-refractivity contribution is -0.123. The fraction of sp³-hybridized carbons (Fsp3) is 0.393. The van der Waals surface area contributed by atoms with Crippen molar-refractivity contribution in [1.82, 2.24) is 29.6 Å². The predicted octanol–water partition coefficient (Wildman–Crippen LogP) is 2.20. The quantitative estimate of drug-likeness (QED) is 0.431. The first kappa shape index (κ1) is 24.9. The minimum Gasteiger partial charge on any atom is -0.371 e. The highest BCUT2D eigenvalue weighted by molar-refractivity contribution is 5.96. The van der Waals surface area contributed by atoms with E-state index >= 15 is 0 Å². The molecule has 0 aliphatic carbocycles. The number of hydrogen-bond acceptors (Lipinski definition) is 8. The molecule has 1 saturated heterocycles. The summed E-state index contributed by atoms with van der Waals surface area (Å²) in [5, 5.41) is 7.98. The first-order valence-corrected chi connectivity index (χ1v) is 13.2. The van der Waals surface area contributed by atoms with Crippen molar-refractivity contribution in [2.75, 3.05) is 55.0 Å². The number of carbonyl (C=O) groups excluding carboxylic acids is 1. The van der Waals surface area contributed by atoms with Gasteiger partial charge >= 0.3 is 0 Å². The van der Waals surface area contributed by atoms with Crippen LogP contribution in [0.4, 0.5) is 23.0 Å². The van der Waals surface area contributed by atoms with Crippen LogP contribution in [-0.2, 0) is 18.9 Å². The summed E-state index contributed by atoms with van der Waals surface area (Å²) < 4.78 is 3.47. The van der Waals surface area contributed by atoms with Gasteiger partial charge in [-0.05, 0) is 25.5 Å². The molecule has 11 heteroatoms. The summed E-state index contributed by atoms with van der Waals surface area (Å²) in [6.07, 6.45) is 6.44. The summed E-state index contributed by atoms with van der Waals surface area (Å²) in [6.45, 7) is 4.67. The molecule has 202 valence electrons. The summed E-state index contributed by atoms with van der Waals surface area (Å²) in [6, 6.07) is 6.02. The van der Waals surface area contributed by atoms with Gasteiger partial charge in [0.2, 0.25) is 5.91 Å². The van der Waals surface area contributed by atoms with Crippen molar-refractivity contribution in [2.45, 2.75) is 13.3 Å². The summed E-state index contributed by atoms with van der Waals surface area (Å²) in [7, 11) is 7.46. The van der Waals surface area contributed by atoms with Crippen LogP contribution in [0.5, 0.6) is 0 Å². The Morgan fingerprint density at radius 3 is 2.62 bits per heavy atom. The molecule has 1 unspecified atom stereocenters. The Kier molecular flexibility index (Phi) is 6.00. The largest absolute Gasteiger partial charge is 0.371 e. The highest BCUT2D eigenvalue weighted by Crippen LogP contribution is 2.41. The van der Waals surface area contributed by atoms with Gasteiger partial charge in [0.15, 0.2) is 0 Å². The Morgan fingerprint density at radius 1 is 1.05 bits per heavy atom. The molecule has 1 N–H and O–H groups in total. The van der Waals surface area contributed by atoms with Crippen LogP contribution in [-0.4, -0.2) is 70.5 Å². The first-order chi connectivity index (χ1) is 18.7. The van der Waals surface area contributed by atoms with E-state index in [2.05, 4.69) is 38.2 Å². The predicted molar refractivity (Wildman–Crippen MR) is 153 cm³/mol. The monoisotopic (exact) mass is 527 g/mol. The zero-order valence-corrected chi connectivity index (χ0v) is 23.0. The summed E-state index contributed by atoms with van der Waals surface area (Å²) in [5.74, 6) is 1.51. The van der Waals surface area contributed by atoms with Crippen molar-refractivity contribution in [2.24, 2.45) is 20.0 Å². The minimum absolute atomic E-state index is 0.0307. The smallest absolute Gasteiger partial charge is 0.253 e. The molecule has 1 fully saturated rings. The average Bonchev–Trinajstić information content (AvgIpc) is 3.61. The molecule has 1 amide bonds. The third-order valence-electron chi connectivity index (χ3n) is 7.98. The van der Waals surface area contributed by atoms with Gasteiger partial charge in [-0.25, -0.2) is 4.98 Å². The zero-order valence-electron chi connectivity index (χ0n) is 23.0. The Hall–Kier alpha value is -4.41. The zero-order chi connectivity index (χ0) is 27.4. The number of aryl methyl sites for hydroxylation is 3. The van der Waals surface area contributed by atoms with Crippen molar-refractivity contribution < 1.29 is 4.79 Å². The molecule has 6 heterocycles. The van der Waals surface area contributed by atoms with Crippen LogP contribution in [0.1, 0.15) is 12.0 Å². The Morgan fingerprint density at radius 2 is 1.87 bits per heavy atom. The first-order valence-electron chi connectivity index (χ1n) is 13.2. The van der Waals surface area contributed by atoms with Gasteiger partial charge in [0, 0.05) is 83.1 Å². The number of likely N-dealkylation sites (N-methyl/N-ethyl adjacent to an activating group) is 1. The lowest BCUT2D eigenvalue weighted by Gasteiger charge is -2.37. The molecule has 6 rings (SSSR count). The lowest BCUT2D eigenvalue weighted by Crippen LogP contribution is -2.37. The maximum atomic E-state index is 12.9. The van der Waals surface area contributed by atoms with Crippen molar-refractivity contribution in [3.8, 4) is 11.3 Å². The molecule has 39 heavy (non-hydrogen) atoms. The number of fused-ring (bicyclic) bond motifs is 2. The number of nitrogens with zero attached hydrogens (tertiary/aromatic N) is 8. The fourth-order valence-corrected chi connectivity index (χ4v) is 5.71. The third-order valence-corrected chi connectivity index (χ3v) is 7.98. The molecular formula is C28H33N9O2. The molecule has 0 saturated carbocycles. The van der Waals surface area contributed by atoms with Crippen molar-refractivity contribution in [1.29, 1.82) is 0 Å². The standard InChI is InChI=1S/C28H33N9O2/c1-17-10-20-22(35(5)28(17)39)12-25(36-7-6-18(16-36)27(38)29-2)32-26(20)37-9-8-33(3)23-11-21(30-14-24(23)37)19-13-31-34(4)15-19/h10-15,18H,6-9,16H2,1-5H3,(H,29,38). The van der Waals surface area contributed by atoms with Crippen LogP contribution in [0, 0.1) is 12.8 Å². The number of aromatic nitrogens is 5. The van der Waals surface area contributed by atoms with Crippen molar-refractivity contribution in [3.63, 3.8) is 0 Å². The van der Waals surface area contributed by atoms with E-state index in [0.717, 1.165) is 64.7 Å². The van der Waals surface area contributed by atoms with E-state index in [-0.39, 0.29) is 17.4 Å². The van der Waals surface area contributed by atoms with E-state index < -0.39 is 0 Å². The second kappa shape index (κ2) is 9.40. The van der Waals surface area contributed by atoms with E-state index in [1.165, 1.54) is 0 Å². The molecule has 0 bridgehead atoms. The maximum Gasteiger partial charge on any atom is 0.253 e. The van der Waals surface area contributed by atoms with Gasteiger partial charge in [-0.3, -0.25) is 19.3 Å². The second-order valence-electron chi connectivity index (χ2n) is 10.5. The van der Waals surface area contributed by atoms with Crippen LogP contribution >= 0.6 is 0 Å². The highest BCUT2D eigenvalue weighted by Gasteiger charge is 2.31. The molecule has 2 aliphatic heterocycles. The van der Waals surface area contributed by atoms with Crippen molar-refractivity contribution in [3.05, 3.63) is 52.7 Å². The summed E-state index contributed by atoms with van der Waals surface area (Å²) in [4.78, 5) is 41.8. The molecule has 0 spiro atoms. The number of anilines is 4. The van der Waals surface area contributed by atoms with Gasteiger partial charge in [0.25, 0.3) is 5.56 Å². The van der Waals surface area contributed by atoms with Crippen LogP contribution in [0.2, 0.25) is 0 Å². The van der Waals surface area contributed by atoms with Gasteiger partial charge in [-0.15, -0.1) is 0 Å². The SMILES string of the molecule is CNC(=O)C1CCN(c2cc3c(cc(C)c(=O)n3C)c(N3CCN(C)c4cc(-c5cnn(C)c5)ncc43)n2)C1. The molecule has 11 nitrogen and oxygen atoms in total. The van der Waals surface area contributed by atoms with E-state index in [4.69, 9.17) is 9.97 Å². The number of amides is 1. The maximum absolute atomic E-state index is 12.9. The summed E-state index contributed by atoms with van der Waals surface area (Å²) in [5.41, 5.74) is 5.28. The van der Waals surface area contributed by atoms with E-state index in [1.807, 2.05) is 51.7 Å². The Labute approximate surface area is 226 Å². The number of rotatable bonds is 4. The summed E-state index contributed by atoms with van der Waals surface area (Å²) >= 11 is 0. The van der Waals surface area contributed by atoms with Crippen LogP contribution in [0.15, 0.2) is 41.6 Å². The molecule has 4 aromatic heterocycles. The number of carbonyl (C=O) groups is 1. The van der Waals surface area contributed by atoms with Crippen LogP contribution in [0.3, 0.4) is 0 Å². The normalized spacial score (nSPS) is 17.2. The number of nitrogens with one attached hydrogen (secondary N) is 1. The topological polar surface area (TPSA) is 104 Å². The third kappa shape index (κ3) is 4.18. The lowest BCUT2D eigenvalue weighted by atomic mass is 10.1. The fourth-order valence-electron chi connectivity index (χ4n) is 5.71. The van der Waals surface area contributed by atoms with E-state index in [9.17, 15) is 9.59 Å². The molecule has 4 aromatic rings. The van der Waals surface area contributed by atoms with Gasteiger partial charge in [0.05, 0.1) is 40.9 Å². The van der Waals surface area contributed by atoms with Crippen LogP contribution in [0.25, 0.3) is 22.2 Å². The molecule has 0 aromatic carbocycles. The Balaban J connectivity index is 1.50. The molecular weight excluding hydrogens is 494 g/mol. The Bertz CT molecular complexity index is 1660. The van der Waals surface area contributed by atoms with Gasteiger partial charge in [0.1, 0.15) is 11.6 Å². The van der Waals surface area contributed by atoms with E-state index in [1.54, 1.807) is 16.3 Å². The molecule has 2 aliphatic rings. The molecule has 1 atom stereocenters. The number of hydrogen-bond donors (Lipinski definition) is 1. The highest BCUT2D eigenvalue weighted by atomic mass is 16.2. The molecule has 0 radical (unpaired) electrons. The van der Waals surface area contributed by atoms with Gasteiger partial charge in [-0.1, -0.05) is 0 Å². The van der Waals surface area contributed by atoms with E-state index in [0.29, 0.717) is 18.7 Å². The van der Waals surface area contributed by atoms with Gasteiger partial charge in [-0.2, -0.15) is 5.10 Å². The minimum atomic E-state index is -0.0859. The second-order valence-corrected chi connectivity index (χ2v) is 10.5. The van der Waals surface area contributed by atoms with Crippen molar-refractivity contribution >= 4 is 39.8 Å². The van der Waals surface area contributed by atoms with Crippen LogP contribution < -0.4 is 25.6 Å². The van der Waals surface area contributed by atoms with Gasteiger partial charge < -0.3 is 24.6 Å². The number of pyridine rings is 3.